The molecule has 1 fully saturated rings. The van der Waals surface area contributed by atoms with Crippen molar-refractivity contribution in [2.24, 2.45) is 5.73 Å². The van der Waals surface area contributed by atoms with E-state index in [0.717, 1.165) is 38.5 Å². The summed E-state index contributed by atoms with van der Waals surface area (Å²) in [6, 6.07) is 10.3. The summed E-state index contributed by atoms with van der Waals surface area (Å²) in [5.41, 5.74) is 6.39. The lowest BCUT2D eigenvalue weighted by Crippen LogP contribution is -2.48. The number of nitriles is 1. The molecule has 1 aromatic rings. The van der Waals surface area contributed by atoms with Gasteiger partial charge >= 0.3 is 0 Å². The van der Waals surface area contributed by atoms with Gasteiger partial charge in [-0.15, -0.1) is 0 Å². The Kier molecular flexibility index (Phi) is 5.05. The molecular weight excluding hydrogens is 264 g/mol. The number of nitrogens with two attached hydrogens (primary N) is 1. The van der Waals surface area contributed by atoms with Crippen LogP contribution in [0.25, 0.3) is 0 Å². The van der Waals surface area contributed by atoms with Crippen molar-refractivity contribution in [1.29, 1.82) is 5.26 Å². The van der Waals surface area contributed by atoms with E-state index in [-0.39, 0.29) is 0 Å². The molecular formula is C16H24N4O. The zero-order valence-corrected chi connectivity index (χ0v) is 12.9. The molecule has 0 saturated carbocycles. The Balaban J connectivity index is 1.81. The van der Waals surface area contributed by atoms with Gasteiger partial charge in [-0.25, -0.2) is 0 Å². The highest BCUT2D eigenvalue weighted by atomic mass is 16.5. The van der Waals surface area contributed by atoms with Crippen LogP contribution in [0.2, 0.25) is 0 Å². The molecule has 5 heteroatoms. The van der Waals surface area contributed by atoms with Crippen LogP contribution in [0, 0.1) is 11.3 Å². The first kappa shape index (κ1) is 15.6. The van der Waals surface area contributed by atoms with E-state index >= 15 is 0 Å². The predicted octanol–water partition coefficient (Wildman–Crippen LogP) is 1.45. The molecule has 21 heavy (non-hydrogen) atoms. The molecule has 5 nitrogen and oxygen atoms in total. The maximum absolute atomic E-state index is 8.94. The van der Waals surface area contributed by atoms with Crippen molar-refractivity contribution < 1.29 is 4.74 Å². The lowest BCUT2D eigenvalue weighted by atomic mass is 10.0. The van der Waals surface area contributed by atoms with Crippen molar-refractivity contribution in [3.63, 3.8) is 0 Å². The standard InChI is InChI=1S/C16H24N4O/c1-16(18,13-17)7-8-19-9-11-20(12-10-19)14-3-5-15(21-2)6-4-14/h3-6H,7-12,18H2,1-2H3. The fraction of sp³-hybridized carbons (Fsp3) is 0.562. The number of anilines is 1. The van der Waals surface area contributed by atoms with Crippen LogP contribution in [0.15, 0.2) is 24.3 Å². The maximum Gasteiger partial charge on any atom is 0.119 e. The summed E-state index contributed by atoms with van der Waals surface area (Å²) in [7, 11) is 1.68. The number of ether oxygens (including phenoxy) is 1. The molecule has 0 aliphatic carbocycles. The molecule has 1 saturated heterocycles. The van der Waals surface area contributed by atoms with Crippen LogP contribution >= 0.6 is 0 Å². The summed E-state index contributed by atoms with van der Waals surface area (Å²) in [6.07, 6.45) is 0.714. The Morgan fingerprint density at radius 3 is 2.38 bits per heavy atom. The first-order chi connectivity index (χ1) is 10.0. The van der Waals surface area contributed by atoms with E-state index in [9.17, 15) is 0 Å². The molecule has 2 rings (SSSR count). The van der Waals surface area contributed by atoms with E-state index in [4.69, 9.17) is 15.7 Å². The van der Waals surface area contributed by atoms with Crippen LogP contribution in [-0.2, 0) is 0 Å². The van der Waals surface area contributed by atoms with Crippen LogP contribution in [0.4, 0.5) is 5.69 Å². The van der Waals surface area contributed by atoms with Gasteiger partial charge in [-0.05, 0) is 37.6 Å². The number of benzene rings is 1. The quantitative estimate of drug-likeness (QED) is 0.888. The van der Waals surface area contributed by atoms with Gasteiger partial charge in [0.25, 0.3) is 0 Å². The Labute approximate surface area is 126 Å². The van der Waals surface area contributed by atoms with E-state index < -0.39 is 5.54 Å². The van der Waals surface area contributed by atoms with Crippen LogP contribution in [0.5, 0.6) is 5.75 Å². The minimum atomic E-state index is -0.715. The first-order valence-corrected chi connectivity index (χ1v) is 7.35. The number of nitrogens with zero attached hydrogens (tertiary/aromatic N) is 3. The van der Waals surface area contributed by atoms with Gasteiger partial charge in [-0.2, -0.15) is 5.26 Å². The lowest BCUT2D eigenvalue weighted by Gasteiger charge is -2.36. The van der Waals surface area contributed by atoms with Gasteiger partial charge < -0.3 is 15.4 Å². The number of piperazine rings is 1. The molecule has 1 heterocycles. The third-order valence-corrected chi connectivity index (χ3v) is 4.01. The highest BCUT2D eigenvalue weighted by molar-refractivity contribution is 5.49. The second-order valence-corrected chi connectivity index (χ2v) is 5.81. The van der Waals surface area contributed by atoms with Crippen molar-refractivity contribution in [3.05, 3.63) is 24.3 Å². The normalized spacial score (nSPS) is 18.9. The van der Waals surface area contributed by atoms with Crippen molar-refractivity contribution in [2.75, 3.05) is 44.7 Å². The number of hydrogen-bond donors (Lipinski definition) is 1. The average Bonchev–Trinajstić information content (AvgIpc) is 2.54. The summed E-state index contributed by atoms with van der Waals surface area (Å²) in [6.45, 7) is 6.69. The first-order valence-electron chi connectivity index (χ1n) is 7.35. The number of methoxy groups -OCH3 is 1. The monoisotopic (exact) mass is 288 g/mol. The van der Waals surface area contributed by atoms with Gasteiger partial charge in [0.05, 0.1) is 13.2 Å². The maximum atomic E-state index is 8.94. The fourth-order valence-electron chi connectivity index (χ4n) is 2.47. The molecule has 1 aliphatic rings. The van der Waals surface area contributed by atoms with E-state index in [0.29, 0.717) is 6.42 Å². The van der Waals surface area contributed by atoms with Gasteiger partial charge in [-0.3, -0.25) is 4.90 Å². The zero-order chi connectivity index (χ0) is 15.3. The van der Waals surface area contributed by atoms with Crippen LogP contribution in [0.1, 0.15) is 13.3 Å². The highest BCUT2D eigenvalue weighted by Crippen LogP contribution is 2.20. The SMILES string of the molecule is COc1ccc(N2CCN(CCC(C)(N)C#N)CC2)cc1. The largest absolute Gasteiger partial charge is 0.497 e. The molecule has 1 aliphatic heterocycles. The van der Waals surface area contributed by atoms with Crippen LogP contribution < -0.4 is 15.4 Å². The molecule has 1 atom stereocenters. The predicted molar refractivity (Wildman–Crippen MR) is 84.5 cm³/mol. The molecule has 114 valence electrons. The summed E-state index contributed by atoms with van der Waals surface area (Å²) in [4.78, 5) is 4.75. The summed E-state index contributed by atoms with van der Waals surface area (Å²) < 4.78 is 5.18. The van der Waals surface area contributed by atoms with Crippen LogP contribution in [0.3, 0.4) is 0 Å². The van der Waals surface area contributed by atoms with Crippen molar-refractivity contribution in [2.45, 2.75) is 18.9 Å². The minimum absolute atomic E-state index is 0.714. The molecule has 2 N–H and O–H groups in total. The third kappa shape index (κ3) is 4.35. The Bertz CT molecular complexity index is 484. The molecule has 0 spiro atoms. The Morgan fingerprint density at radius 2 is 1.86 bits per heavy atom. The van der Waals surface area contributed by atoms with Crippen LogP contribution in [-0.4, -0.2) is 50.3 Å². The van der Waals surface area contributed by atoms with Gasteiger partial charge in [0.1, 0.15) is 11.3 Å². The van der Waals surface area contributed by atoms with E-state index in [1.165, 1.54) is 5.69 Å². The topological polar surface area (TPSA) is 65.5 Å². The van der Waals surface area contributed by atoms with Crippen molar-refractivity contribution >= 4 is 5.69 Å². The highest BCUT2D eigenvalue weighted by Gasteiger charge is 2.21. The molecule has 1 unspecified atom stereocenters. The van der Waals surface area contributed by atoms with Gasteiger partial charge in [0, 0.05) is 38.4 Å². The summed E-state index contributed by atoms with van der Waals surface area (Å²) in [5, 5.41) is 8.94. The van der Waals surface area contributed by atoms with E-state index in [2.05, 4.69) is 28.0 Å². The van der Waals surface area contributed by atoms with Crippen molar-refractivity contribution in [1.82, 2.24) is 4.90 Å². The second kappa shape index (κ2) is 6.79. The van der Waals surface area contributed by atoms with Gasteiger partial charge in [0.15, 0.2) is 0 Å². The smallest absolute Gasteiger partial charge is 0.119 e. The van der Waals surface area contributed by atoms with Gasteiger partial charge in [-0.1, -0.05) is 0 Å². The zero-order valence-electron chi connectivity index (χ0n) is 12.9. The minimum Gasteiger partial charge on any atom is -0.497 e. The van der Waals surface area contributed by atoms with Crippen molar-refractivity contribution in [3.8, 4) is 11.8 Å². The Morgan fingerprint density at radius 1 is 1.24 bits per heavy atom. The number of rotatable bonds is 5. The summed E-state index contributed by atoms with van der Waals surface area (Å²) >= 11 is 0. The molecule has 0 radical (unpaired) electrons. The Hall–Kier alpha value is -1.77. The third-order valence-electron chi connectivity index (χ3n) is 4.01. The lowest BCUT2D eigenvalue weighted by molar-refractivity contribution is 0.242. The van der Waals surface area contributed by atoms with E-state index in [1.54, 1.807) is 14.0 Å². The van der Waals surface area contributed by atoms with Gasteiger partial charge in [0.2, 0.25) is 0 Å². The second-order valence-electron chi connectivity index (χ2n) is 5.81. The fourth-order valence-corrected chi connectivity index (χ4v) is 2.47. The molecule has 0 aromatic heterocycles. The molecule has 0 bridgehead atoms. The molecule has 0 amide bonds. The summed E-state index contributed by atoms with van der Waals surface area (Å²) in [5.74, 6) is 0.885. The average molecular weight is 288 g/mol. The molecule has 1 aromatic carbocycles. The number of hydrogen-bond acceptors (Lipinski definition) is 5. The van der Waals surface area contributed by atoms with E-state index in [1.807, 2.05) is 12.1 Å².